The second kappa shape index (κ2) is 7.57. The van der Waals surface area contributed by atoms with Gasteiger partial charge in [-0.15, -0.1) is 0 Å². The molecule has 2 rings (SSSR count). The van der Waals surface area contributed by atoms with Gasteiger partial charge in [0, 0.05) is 30.9 Å². The highest BCUT2D eigenvalue weighted by Gasteiger charge is 2.23. The molecule has 2 heterocycles. The van der Waals surface area contributed by atoms with Crippen LogP contribution in [0.15, 0.2) is 18.3 Å². The summed E-state index contributed by atoms with van der Waals surface area (Å²) in [6.45, 7) is 4.60. The van der Waals surface area contributed by atoms with Crippen LogP contribution in [0.5, 0.6) is 0 Å². The van der Waals surface area contributed by atoms with E-state index in [0.29, 0.717) is 12.6 Å². The molecule has 0 aromatic carbocycles. The number of aliphatic hydroxyl groups excluding tert-OH is 1. The molecule has 0 bridgehead atoms. The minimum absolute atomic E-state index is 0.101. The van der Waals surface area contributed by atoms with E-state index in [-0.39, 0.29) is 12.7 Å². The monoisotopic (exact) mass is 279 g/mol. The predicted molar refractivity (Wildman–Crippen MR) is 80.0 cm³/mol. The Morgan fingerprint density at radius 1 is 1.50 bits per heavy atom. The number of anilines is 1. The fourth-order valence-electron chi connectivity index (χ4n) is 2.62. The molecule has 2 N–H and O–H groups in total. The van der Waals surface area contributed by atoms with Gasteiger partial charge in [0.1, 0.15) is 5.82 Å². The van der Waals surface area contributed by atoms with Crippen molar-refractivity contribution in [3.05, 3.63) is 23.9 Å². The Labute approximate surface area is 121 Å². The zero-order chi connectivity index (χ0) is 14.4. The van der Waals surface area contributed by atoms with E-state index in [1.54, 1.807) is 0 Å². The molecule has 1 aliphatic rings. The number of ether oxygens (including phenoxy) is 1. The molecule has 20 heavy (non-hydrogen) atoms. The minimum Gasteiger partial charge on any atom is -0.394 e. The highest BCUT2D eigenvalue weighted by molar-refractivity contribution is 5.48. The van der Waals surface area contributed by atoms with E-state index < -0.39 is 0 Å². The molecule has 0 amide bonds. The van der Waals surface area contributed by atoms with Gasteiger partial charge >= 0.3 is 0 Å². The molecule has 0 saturated carbocycles. The van der Waals surface area contributed by atoms with Gasteiger partial charge in [-0.3, -0.25) is 0 Å². The van der Waals surface area contributed by atoms with Crippen molar-refractivity contribution in [1.29, 1.82) is 0 Å². The molecule has 1 atom stereocenters. The van der Waals surface area contributed by atoms with Crippen molar-refractivity contribution < 1.29 is 9.84 Å². The Balaban J connectivity index is 2.00. The lowest BCUT2D eigenvalue weighted by Gasteiger charge is -2.34. The molecule has 0 spiro atoms. The van der Waals surface area contributed by atoms with Gasteiger partial charge < -0.3 is 20.1 Å². The summed E-state index contributed by atoms with van der Waals surface area (Å²) in [6.07, 6.45) is 4.11. The van der Waals surface area contributed by atoms with Crippen LogP contribution in [0.1, 0.15) is 31.4 Å². The fraction of sp³-hybridized carbons (Fsp3) is 0.667. The van der Waals surface area contributed by atoms with Gasteiger partial charge in [-0.25, -0.2) is 4.98 Å². The summed E-state index contributed by atoms with van der Waals surface area (Å²) in [4.78, 5) is 6.90. The highest BCUT2D eigenvalue weighted by Crippen LogP contribution is 2.26. The van der Waals surface area contributed by atoms with Crippen LogP contribution in [0.2, 0.25) is 0 Å². The summed E-state index contributed by atoms with van der Waals surface area (Å²) in [6, 6.07) is 4.42. The number of piperidine rings is 1. The van der Waals surface area contributed by atoms with E-state index in [1.165, 1.54) is 5.56 Å². The van der Waals surface area contributed by atoms with Gasteiger partial charge in [-0.05, 0) is 32.9 Å². The summed E-state index contributed by atoms with van der Waals surface area (Å²) in [5.74, 6) is 1.08. The number of hydrogen-bond donors (Lipinski definition) is 2. The van der Waals surface area contributed by atoms with Crippen molar-refractivity contribution in [2.24, 2.45) is 0 Å². The molecule has 112 valence electrons. The average Bonchev–Trinajstić information content (AvgIpc) is 2.52. The molecule has 1 aliphatic heterocycles. The summed E-state index contributed by atoms with van der Waals surface area (Å²) < 4.78 is 5.61. The molecule has 1 saturated heterocycles. The van der Waals surface area contributed by atoms with Crippen molar-refractivity contribution in [2.75, 3.05) is 38.3 Å². The van der Waals surface area contributed by atoms with Crippen LogP contribution in [0.3, 0.4) is 0 Å². The van der Waals surface area contributed by atoms with E-state index in [1.807, 2.05) is 19.3 Å². The van der Waals surface area contributed by atoms with Crippen LogP contribution in [-0.4, -0.2) is 49.5 Å². The molecule has 1 unspecified atom stereocenters. The topological polar surface area (TPSA) is 57.6 Å². The SMILES string of the molecule is CNC(C)c1cccnc1N1CCC(OCCO)CC1. The van der Waals surface area contributed by atoms with E-state index in [9.17, 15) is 0 Å². The molecule has 0 radical (unpaired) electrons. The third-order valence-corrected chi connectivity index (χ3v) is 3.90. The summed E-state index contributed by atoms with van der Waals surface area (Å²) in [5, 5.41) is 12.1. The van der Waals surface area contributed by atoms with E-state index in [2.05, 4.69) is 28.2 Å². The maximum Gasteiger partial charge on any atom is 0.133 e. The van der Waals surface area contributed by atoms with Gasteiger partial charge in [-0.1, -0.05) is 6.07 Å². The highest BCUT2D eigenvalue weighted by atomic mass is 16.5. The average molecular weight is 279 g/mol. The van der Waals surface area contributed by atoms with Gasteiger partial charge in [0.15, 0.2) is 0 Å². The Morgan fingerprint density at radius 2 is 2.25 bits per heavy atom. The zero-order valence-electron chi connectivity index (χ0n) is 12.4. The Kier molecular flexibility index (Phi) is 5.76. The lowest BCUT2D eigenvalue weighted by atomic mass is 10.0. The number of rotatable bonds is 6. The van der Waals surface area contributed by atoms with E-state index in [0.717, 1.165) is 31.7 Å². The molecule has 1 aromatic rings. The molecule has 0 aliphatic carbocycles. The third kappa shape index (κ3) is 3.69. The number of nitrogens with zero attached hydrogens (tertiary/aromatic N) is 2. The number of aliphatic hydroxyl groups is 1. The Hall–Kier alpha value is -1.17. The number of aromatic nitrogens is 1. The summed E-state index contributed by atoms with van der Waals surface area (Å²) >= 11 is 0. The largest absolute Gasteiger partial charge is 0.394 e. The van der Waals surface area contributed by atoms with Crippen LogP contribution in [-0.2, 0) is 4.74 Å². The van der Waals surface area contributed by atoms with Crippen molar-refractivity contribution >= 4 is 5.82 Å². The maximum atomic E-state index is 8.80. The van der Waals surface area contributed by atoms with Gasteiger partial charge in [-0.2, -0.15) is 0 Å². The molecule has 1 fully saturated rings. The smallest absolute Gasteiger partial charge is 0.133 e. The van der Waals surface area contributed by atoms with Gasteiger partial charge in [0.25, 0.3) is 0 Å². The van der Waals surface area contributed by atoms with Crippen molar-refractivity contribution in [2.45, 2.75) is 31.9 Å². The quantitative estimate of drug-likeness (QED) is 0.823. The number of hydrogen-bond acceptors (Lipinski definition) is 5. The first-order chi connectivity index (χ1) is 9.76. The Morgan fingerprint density at radius 3 is 2.90 bits per heavy atom. The van der Waals surface area contributed by atoms with Crippen LogP contribution < -0.4 is 10.2 Å². The molecular weight excluding hydrogens is 254 g/mol. The predicted octanol–water partition coefficient (Wildman–Crippen LogP) is 1.34. The van der Waals surface area contributed by atoms with Gasteiger partial charge in [0.2, 0.25) is 0 Å². The lowest BCUT2D eigenvalue weighted by Crippen LogP contribution is -2.38. The van der Waals surface area contributed by atoms with Crippen LogP contribution in [0.4, 0.5) is 5.82 Å². The van der Waals surface area contributed by atoms with Crippen molar-refractivity contribution in [3.63, 3.8) is 0 Å². The van der Waals surface area contributed by atoms with E-state index in [4.69, 9.17) is 9.84 Å². The molecule has 1 aromatic heterocycles. The standard InChI is InChI=1S/C15H25N3O2/c1-12(16-2)14-4-3-7-17-15(14)18-8-5-13(6-9-18)20-11-10-19/h3-4,7,12-13,16,19H,5-6,8-11H2,1-2H3. The first kappa shape index (κ1) is 15.2. The minimum atomic E-state index is 0.101. The number of nitrogens with one attached hydrogen (secondary N) is 1. The van der Waals surface area contributed by atoms with Crippen molar-refractivity contribution in [3.8, 4) is 0 Å². The summed E-state index contributed by atoms with van der Waals surface area (Å²) in [7, 11) is 1.97. The first-order valence-corrected chi connectivity index (χ1v) is 7.36. The third-order valence-electron chi connectivity index (χ3n) is 3.90. The number of pyridine rings is 1. The van der Waals surface area contributed by atoms with Crippen LogP contribution in [0.25, 0.3) is 0 Å². The van der Waals surface area contributed by atoms with Gasteiger partial charge in [0.05, 0.1) is 19.3 Å². The Bertz CT molecular complexity index is 406. The fourth-order valence-corrected chi connectivity index (χ4v) is 2.62. The van der Waals surface area contributed by atoms with Crippen LogP contribution in [0, 0.1) is 0 Å². The van der Waals surface area contributed by atoms with E-state index >= 15 is 0 Å². The second-order valence-corrected chi connectivity index (χ2v) is 5.21. The molecule has 5 heteroatoms. The van der Waals surface area contributed by atoms with Crippen molar-refractivity contribution in [1.82, 2.24) is 10.3 Å². The summed E-state index contributed by atoms with van der Waals surface area (Å²) in [5.41, 5.74) is 1.24. The molecular formula is C15H25N3O2. The zero-order valence-corrected chi connectivity index (χ0v) is 12.4. The van der Waals surface area contributed by atoms with Crippen LogP contribution >= 0.6 is 0 Å². The maximum absolute atomic E-state index is 8.80. The lowest BCUT2D eigenvalue weighted by molar-refractivity contribution is 0.0158. The normalized spacial score (nSPS) is 18.2. The molecule has 5 nitrogen and oxygen atoms in total. The first-order valence-electron chi connectivity index (χ1n) is 7.36. The second-order valence-electron chi connectivity index (χ2n) is 5.21.